The van der Waals surface area contributed by atoms with Crippen molar-refractivity contribution in [3.63, 3.8) is 0 Å². The third-order valence-electron chi connectivity index (χ3n) is 5.53. The zero-order valence-electron chi connectivity index (χ0n) is 17.0. The van der Waals surface area contributed by atoms with E-state index < -0.39 is 0 Å². The number of aryl methyl sites for hydroxylation is 3. The number of rotatable bonds is 5. The molecule has 1 amide bonds. The molecule has 0 N–H and O–H groups in total. The number of fused-ring (bicyclic) bond motifs is 1. The smallest absolute Gasteiger partial charge is 0.233 e. The van der Waals surface area contributed by atoms with Gasteiger partial charge in [0.05, 0.1) is 29.3 Å². The van der Waals surface area contributed by atoms with E-state index in [4.69, 9.17) is 21.3 Å². The number of ether oxygens (including phenoxy) is 1. The number of benzene rings is 2. The summed E-state index contributed by atoms with van der Waals surface area (Å²) in [5.74, 6) is 0.0528. The zero-order valence-corrected chi connectivity index (χ0v) is 18.6. The Morgan fingerprint density at radius 2 is 2.10 bits per heavy atom. The van der Waals surface area contributed by atoms with Gasteiger partial charge in [-0.15, -0.1) is 0 Å². The molecule has 0 saturated carbocycles. The first kappa shape index (κ1) is 20.3. The molecule has 2 aromatic carbocycles. The lowest BCUT2D eigenvalue weighted by molar-refractivity contribution is -0.118. The Labute approximate surface area is 180 Å². The van der Waals surface area contributed by atoms with Crippen molar-refractivity contribution in [3.05, 3.63) is 57.6 Å². The van der Waals surface area contributed by atoms with Crippen molar-refractivity contribution in [2.45, 2.75) is 46.1 Å². The monoisotopic (exact) mass is 428 g/mol. The average Bonchev–Trinajstić information content (AvgIpc) is 3.35. The Morgan fingerprint density at radius 1 is 1.28 bits per heavy atom. The summed E-state index contributed by atoms with van der Waals surface area (Å²) in [4.78, 5) is 20.0. The minimum absolute atomic E-state index is 0.0528. The fourth-order valence-corrected chi connectivity index (χ4v) is 4.94. The Balaban J connectivity index is 1.68. The van der Waals surface area contributed by atoms with E-state index in [0.29, 0.717) is 18.0 Å². The maximum absolute atomic E-state index is 13.4. The zero-order chi connectivity index (χ0) is 20.5. The number of aromatic nitrogens is 1. The first-order valence-corrected chi connectivity index (χ1v) is 11.2. The number of hydrogen-bond acceptors (Lipinski definition) is 4. The van der Waals surface area contributed by atoms with E-state index in [1.807, 2.05) is 24.0 Å². The number of carbonyl (C=O) groups excluding carboxylic acids is 1. The summed E-state index contributed by atoms with van der Waals surface area (Å²) >= 11 is 7.82. The molecule has 4 nitrogen and oxygen atoms in total. The van der Waals surface area contributed by atoms with Crippen LogP contribution in [0.4, 0.5) is 5.13 Å². The number of thiazole rings is 1. The van der Waals surface area contributed by atoms with E-state index in [0.717, 1.165) is 57.1 Å². The molecule has 1 fully saturated rings. The highest BCUT2D eigenvalue weighted by Gasteiger charge is 2.27. The molecular formula is C23H25ClN2O2S. The van der Waals surface area contributed by atoms with Gasteiger partial charge in [0, 0.05) is 11.6 Å². The second-order valence-corrected chi connectivity index (χ2v) is 9.18. The Hall–Kier alpha value is -1.95. The summed E-state index contributed by atoms with van der Waals surface area (Å²) in [6, 6.07) is 10.1. The molecule has 1 aliphatic rings. The van der Waals surface area contributed by atoms with Crippen molar-refractivity contribution in [1.82, 2.24) is 4.98 Å². The maximum atomic E-state index is 13.4. The van der Waals surface area contributed by atoms with Crippen LogP contribution in [-0.4, -0.2) is 30.1 Å². The third kappa shape index (κ3) is 4.32. The lowest BCUT2D eigenvalue weighted by atomic mass is 10.0. The van der Waals surface area contributed by atoms with Crippen LogP contribution in [-0.2, 0) is 16.0 Å². The molecule has 2 heterocycles. The molecule has 1 saturated heterocycles. The van der Waals surface area contributed by atoms with Gasteiger partial charge < -0.3 is 4.74 Å². The van der Waals surface area contributed by atoms with E-state index in [1.165, 1.54) is 11.3 Å². The molecule has 3 aromatic rings. The van der Waals surface area contributed by atoms with Crippen molar-refractivity contribution in [2.24, 2.45) is 0 Å². The Kier molecular flexibility index (Phi) is 5.91. The number of halogens is 1. The number of anilines is 1. The van der Waals surface area contributed by atoms with Crippen LogP contribution in [0.3, 0.4) is 0 Å². The predicted octanol–water partition coefficient (Wildman–Crippen LogP) is 5.63. The van der Waals surface area contributed by atoms with Gasteiger partial charge in [-0.05, 0) is 62.4 Å². The molecule has 1 atom stereocenters. The fraction of sp³-hybridized carbons (Fsp3) is 0.391. The normalized spacial score (nSPS) is 16.5. The van der Waals surface area contributed by atoms with Crippen molar-refractivity contribution >= 4 is 44.2 Å². The predicted molar refractivity (Wildman–Crippen MR) is 120 cm³/mol. The lowest BCUT2D eigenvalue weighted by Gasteiger charge is -2.23. The molecular weight excluding hydrogens is 404 g/mol. The molecule has 6 heteroatoms. The molecule has 0 aliphatic carbocycles. The minimum Gasteiger partial charge on any atom is -0.376 e. The summed E-state index contributed by atoms with van der Waals surface area (Å²) in [6.07, 6.45) is 2.44. The maximum Gasteiger partial charge on any atom is 0.233 e. The SMILES string of the molecule is Cc1ccc(C)c(CC(=O)N(CC2CCCO2)c2nc3c(C)c(Cl)ccc3s2)c1. The van der Waals surface area contributed by atoms with Crippen LogP contribution in [0.15, 0.2) is 30.3 Å². The molecule has 0 bridgehead atoms. The number of hydrogen-bond donors (Lipinski definition) is 0. The summed E-state index contributed by atoms with van der Waals surface area (Å²) in [5, 5.41) is 1.41. The highest BCUT2D eigenvalue weighted by molar-refractivity contribution is 7.22. The van der Waals surface area contributed by atoms with Crippen LogP contribution in [0.25, 0.3) is 10.2 Å². The lowest BCUT2D eigenvalue weighted by Crippen LogP contribution is -2.38. The van der Waals surface area contributed by atoms with Gasteiger partial charge in [-0.25, -0.2) is 4.98 Å². The molecule has 4 rings (SSSR count). The van der Waals surface area contributed by atoms with E-state index in [1.54, 1.807) is 0 Å². The van der Waals surface area contributed by atoms with Crippen LogP contribution >= 0.6 is 22.9 Å². The van der Waals surface area contributed by atoms with Gasteiger partial charge in [-0.1, -0.05) is 46.7 Å². The summed E-state index contributed by atoms with van der Waals surface area (Å²) < 4.78 is 6.87. The van der Waals surface area contributed by atoms with Gasteiger partial charge in [0.1, 0.15) is 0 Å². The highest BCUT2D eigenvalue weighted by Crippen LogP contribution is 2.34. The summed E-state index contributed by atoms with van der Waals surface area (Å²) in [7, 11) is 0. The topological polar surface area (TPSA) is 42.4 Å². The third-order valence-corrected chi connectivity index (χ3v) is 6.98. The van der Waals surface area contributed by atoms with Crippen LogP contribution in [0.5, 0.6) is 0 Å². The standard InChI is InChI=1S/C23H25ClN2O2S/c1-14-6-7-15(2)17(11-14)12-21(27)26(13-18-5-4-10-28-18)23-25-22-16(3)19(24)8-9-20(22)29-23/h6-9,11,18H,4-5,10,12-13H2,1-3H3. The summed E-state index contributed by atoms with van der Waals surface area (Å²) in [5.41, 5.74) is 5.18. The number of carbonyl (C=O) groups is 1. The Morgan fingerprint density at radius 3 is 2.86 bits per heavy atom. The van der Waals surface area contributed by atoms with Crippen molar-refractivity contribution in [1.29, 1.82) is 0 Å². The first-order chi connectivity index (χ1) is 13.9. The quantitative estimate of drug-likeness (QED) is 0.528. The minimum atomic E-state index is 0.0528. The average molecular weight is 429 g/mol. The van der Waals surface area contributed by atoms with Gasteiger partial charge in [-0.3, -0.25) is 9.69 Å². The van der Waals surface area contributed by atoms with Gasteiger partial charge in [-0.2, -0.15) is 0 Å². The summed E-state index contributed by atoms with van der Waals surface area (Å²) in [6.45, 7) is 7.37. The first-order valence-electron chi connectivity index (χ1n) is 9.96. The second kappa shape index (κ2) is 8.42. The van der Waals surface area contributed by atoms with Gasteiger partial charge in [0.15, 0.2) is 5.13 Å². The number of amides is 1. The van der Waals surface area contributed by atoms with Crippen LogP contribution < -0.4 is 4.90 Å². The highest BCUT2D eigenvalue weighted by atomic mass is 35.5. The second-order valence-electron chi connectivity index (χ2n) is 7.76. The Bertz CT molecular complexity index is 1060. The van der Waals surface area contributed by atoms with E-state index >= 15 is 0 Å². The molecule has 0 spiro atoms. The van der Waals surface area contributed by atoms with Crippen molar-refractivity contribution < 1.29 is 9.53 Å². The molecule has 1 unspecified atom stereocenters. The fourth-order valence-electron chi connectivity index (χ4n) is 3.73. The van der Waals surface area contributed by atoms with Crippen molar-refractivity contribution in [3.8, 4) is 0 Å². The molecule has 1 aromatic heterocycles. The molecule has 1 aliphatic heterocycles. The number of nitrogens with zero attached hydrogens (tertiary/aromatic N) is 2. The molecule has 152 valence electrons. The van der Waals surface area contributed by atoms with Crippen molar-refractivity contribution in [2.75, 3.05) is 18.1 Å². The largest absolute Gasteiger partial charge is 0.376 e. The van der Waals surface area contributed by atoms with Gasteiger partial charge in [0.25, 0.3) is 0 Å². The van der Waals surface area contributed by atoms with Crippen LogP contribution in [0.1, 0.15) is 35.1 Å². The van der Waals surface area contributed by atoms with Gasteiger partial charge >= 0.3 is 0 Å². The van der Waals surface area contributed by atoms with E-state index in [-0.39, 0.29) is 12.0 Å². The van der Waals surface area contributed by atoms with Crippen LogP contribution in [0.2, 0.25) is 5.02 Å². The van der Waals surface area contributed by atoms with Crippen LogP contribution in [0, 0.1) is 20.8 Å². The van der Waals surface area contributed by atoms with E-state index in [9.17, 15) is 4.79 Å². The molecule has 29 heavy (non-hydrogen) atoms. The van der Waals surface area contributed by atoms with Gasteiger partial charge in [0.2, 0.25) is 5.91 Å². The molecule has 0 radical (unpaired) electrons. The van der Waals surface area contributed by atoms with E-state index in [2.05, 4.69) is 32.0 Å².